The van der Waals surface area contributed by atoms with Crippen molar-refractivity contribution in [1.29, 1.82) is 0 Å². The van der Waals surface area contributed by atoms with Crippen LogP contribution in [0.3, 0.4) is 0 Å². The van der Waals surface area contributed by atoms with E-state index in [0.717, 1.165) is 24.4 Å². The molecular formula is C12H7F2NO3. The Bertz CT molecular complexity index is 602. The van der Waals surface area contributed by atoms with Crippen LogP contribution in [0.15, 0.2) is 36.7 Å². The van der Waals surface area contributed by atoms with Gasteiger partial charge in [-0.05, 0) is 18.2 Å². The van der Waals surface area contributed by atoms with Crippen molar-refractivity contribution >= 4 is 5.97 Å². The van der Waals surface area contributed by atoms with E-state index in [1.807, 2.05) is 0 Å². The lowest BCUT2D eigenvalue weighted by molar-refractivity contribution is 0.0694. The maximum absolute atomic E-state index is 13.3. The Morgan fingerprint density at radius 1 is 1.22 bits per heavy atom. The molecule has 92 valence electrons. The average Bonchev–Trinajstić information content (AvgIpc) is 2.34. The van der Waals surface area contributed by atoms with E-state index in [4.69, 9.17) is 9.84 Å². The normalized spacial score (nSPS) is 10.1. The van der Waals surface area contributed by atoms with Gasteiger partial charge >= 0.3 is 5.97 Å². The minimum atomic E-state index is -1.25. The standard InChI is InChI=1S/C12H7F2NO3/c13-7-1-2-9(14)10(5-7)18-11-6-15-4-3-8(11)12(16)17/h1-6H,(H,16,17). The molecule has 0 aliphatic carbocycles. The molecule has 1 aromatic heterocycles. The molecule has 0 atom stereocenters. The molecule has 4 nitrogen and oxygen atoms in total. The summed E-state index contributed by atoms with van der Waals surface area (Å²) < 4.78 is 31.3. The Balaban J connectivity index is 2.40. The Labute approximate surface area is 100 Å². The van der Waals surface area contributed by atoms with Crippen molar-refractivity contribution in [3.05, 3.63) is 53.9 Å². The first-order chi connectivity index (χ1) is 8.58. The van der Waals surface area contributed by atoms with Crippen LogP contribution >= 0.6 is 0 Å². The minimum Gasteiger partial charge on any atom is -0.478 e. The van der Waals surface area contributed by atoms with Crippen molar-refractivity contribution in [3.63, 3.8) is 0 Å². The van der Waals surface area contributed by atoms with E-state index in [1.54, 1.807) is 0 Å². The zero-order chi connectivity index (χ0) is 13.1. The third-order valence-electron chi connectivity index (χ3n) is 2.13. The monoisotopic (exact) mass is 251 g/mol. The van der Waals surface area contributed by atoms with Crippen LogP contribution in [0, 0.1) is 11.6 Å². The van der Waals surface area contributed by atoms with Gasteiger partial charge in [0.2, 0.25) is 0 Å². The largest absolute Gasteiger partial charge is 0.478 e. The average molecular weight is 251 g/mol. The second kappa shape index (κ2) is 4.79. The van der Waals surface area contributed by atoms with E-state index in [1.165, 1.54) is 12.3 Å². The van der Waals surface area contributed by atoms with Gasteiger partial charge in [-0.15, -0.1) is 0 Å². The van der Waals surface area contributed by atoms with E-state index >= 15 is 0 Å². The highest BCUT2D eigenvalue weighted by atomic mass is 19.1. The molecule has 0 aliphatic heterocycles. The maximum atomic E-state index is 13.3. The molecule has 0 spiro atoms. The van der Waals surface area contributed by atoms with Crippen LogP contribution in [0.4, 0.5) is 8.78 Å². The Morgan fingerprint density at radius 3 is 2.72 bits per heavy atom. The van der Waals surface area contributed by atoms with Gasteiger partial charge in [-0.3, -0.25) is 4.98 Å². The molecule has 0 saturated carbocycles. The first-order valence-corrected chi connectivity index (χ1v) is 4.88. The number of halogens is 2. The predicted molar refractivity (Wildman–Crippen MR) is 57.6 cm³/mol. The molecule has 0 saturated heterocycles. The number of rotatable bonds is 3. The van der Waals surface area contributed by atoms with Gasteiger partial charge in [0.1, 0.15) is 11.4 Å². The number of carboxylic acid groups (broad SMARTS) is 1. The highest BCUT2D eigenvalue weighted by molar-refractivity contribution is 5.90. The molecular weight excluding hydrogens is 244 g/mol. The van der Waals surface area contributed by atoms with E-state index in [-0.39, 0.29) is 11.3 Å². The van der Waals surface area contributed by atoms with Gasteiger partial charge in [0.05, 0.1) is 6.20 Å². The lowest BCUT2D eigenvalue weighted by Crippen LogP contribution is -2.01. The number of carboxylic acids is 1. The molecule has 0 unspecified atom stereocenters. The first-order valence-electron chi connectivity index (χ1n) is 4.88. The van der Waals surface area contributed by atoms with Gasteiger partial charge in [0.15, 0.2) is 17.3 Å². The van der Waals surface area contributed by atoms with E-state index in [0.29, 0.717) is 0 Å². The summed E-state index contributed by atoms with van der Waals surface area (Å²) in [7, 11) is 0. The van der Waals surface area contributed by atoms with Crippen molar-refractivity contribution in [1.82, 2.24) is 4.98 Å². The van der Waals surface area contributed by atoms with Crippen LogP contribution in [-0.4, -0.2) is 16.1 Å². The molecule has 0 radical (unpaired) electrons. The number of carbonyl (C=O) groups is 1. The number of nitrogens with zero attached hydrogens (tertiary/aromatic N) is 1. The number of aromatic carboxylic acids is 1. The molecule has 18 heavy (non-hydrogen) atoms. The number of pyridine rings is 1. The van der Waals surface area contributed by atoms with E-state index in [9.17, 15) is 13.6 Å². The number of ether oxygens (including phenoxy) is 1. The zero-order valence-electron chi connectivity index (χ0n) is 8.93. The summed E-state index contributed by atoms with van der Waals surface area (Å²) in [5, 5.41) is 8.89. The topological polar surface area (TPSA) is 59.4 Å². The second-order valence-electron chi connectivity index (χ2n) is 3.35. The molecule has 1 heterocycles. The maximum Gasteiger partial charge on any atom is 0.339 e. The van der Waals surface area contributed by atoms with Gasteiger partial charge < -0.3 is 9.84 Å². The lowest BCUT2D eigenvalue weighted by Gasteiger charge is -2.08. The smallest absolute Gasteiger partial charge is 0.339 e. The van der Waals surface area contributed by atoms with Crippen molar-refractivity contribution < 1.29 is 23.4 Å². The molecule has 2 rings (SSSR count). The zero-order valence-corrected chi connectivity index (χ0v) is 8.93. The molecule has 1 aromatic carbocycles. The quantitative estimate of drug-likeness (QED) is 0.911. The minimum absolute atomic E-state index is 0.158. The molecule has 0 bridgehead atoms. The number of hydrogen-bond donors (Lipinski definition) is 1. The SMILES string of the molecule is O=C(O)c1ccncc1Oc1cc(F)ccc1F. The van der Waals surface area contributed by atoms with Crippen LogP contribution in [0.5, 0.6) is 11.5 Å². The lowest BCUT2D eigenvalue weighted by atomic mass is 10.2. The van der Waals surface area contributed by atoms with E-state index in [2.05, 4.69) is 4.98 Å². The summed E-state index contributed by atoms with van der Waals surface area (Å²) in [6, 6.07) is 3.86. The van der Waals surface area contributed by atoms with Crippen LogP contribution < -0.4 is 4.74 Å². The van der Waals surface area contributed by atoms with Gasteiger partial charge in [-0.1, -0.05) is 0 Å². The van der Waals surface area contributed by atoms with E-state index < -0.39 is 23.4 Å². The summed E-state index contributed by atoms with van der Waals surface area (Å²) in [6.07, 6.45) is 2.38. The van der Waals surface area contributed by atoms with Crippen LogP contribution in [0.25, 0.3) is 0 Å². The molecule has 6 heteroatoms. The predicted octanol–water partition coefficient (Wildman–Crippen LogP) is 2.85. The highest BCUT2D eigenvalue weighted by Crippen LogP contribution is 2.27. The number of benzene rings is 1. The third-order valence-corrected chi connectivity index (χ3v) is 2.13. The number of aromatic nitrogens is 1. The summed E-state index contributed by atoms with van der Waals surface area (Å²) in [5.74, 6) is -3.28. The summed E-state index contributed by atoms with van der Waals surface area (Å²) in [4.78, 5) is 14.6. The summed E-state index contributed by atoms with van der Waals surface area (Å²) >= 11 is 0. The molecule has 2 aromatic rings. The van der Waals surface area contributed by atoms with Crippen LogP contribution in [0.1, 0.15) is 10.4 Å². The van der Waals surface area contributed by atoms with Crippen molar-refractivity contribution in [3.8, 4) is 11.5 Å². The second-order valence-corrected chi connectivity index (χ2v) is 3.35. The van der Waals surface area contributed by atoms with Crippen molar-refractivity contribution in [2.45, 2.75) is 0 Å². The highest BCUT2D eigenvalue weighted by Gasteiger charge is 2.14. The van der Waals surface area contributed by atoms with Crippen LogP contribution in [0.2, 0.25) is 0 Å². The van der Waals surface area contributed by atoms with Gasteiger partial charge in [-0.2, -0.15) is 0 Å². The van der Waals surface area contributed by atoms with Gasteiger partial charge in [0.25, 0.3) is 0 Å². The summed E-state index contributed by atoms with van der Waals surface area (Å²) in [6.45, 7) is 0. The fourth-order valence-electron chi connectivity index (χ4n) is 1.31. The molecule has 0 aliphatic rings. The van der Waals surface area contributed by atoms with Gasteiger partial charge in [-0.25, -0.2) is 13.6 Å². The van der Waals surface area contributed by atoms with Gasteiger partial charge in [0, 0.05) is 12.3 Å². The summed E-state index contributed by atoms with van der Waals surface area (Å²) in [5.41, 5.74) is -0.186. The Kier molecular flexibility index (Phi) is 3.18. The first kappa shape index (κ1) is 12.0. The van der Waals surface area contributed by atoms with Crippen molar-refractivity contribution in [2.75, 3.05) is 0 Å². The fraction of sp³-hybridized carbons (Fsp3) is 0. The Morgan fingerprint density at radius 2 is 2.00 bits per heavy atom. The third kappa shape index (κ3) is 2.42. The molecule has 0 amide bonds. The molecule has 0 fully saturated rings. The van der Waals surface area contributed by atoms with Crippen molar-refractivity contribution in [2.24, 2.45) is 0 Å². The van der Waals surface area contributed by atoms with Crippen LogP contribution in [-0.2, 0) is 0 Å². The Hall–Kier alpha value is -2.50. The fourth-order valence-corrected chi connectivity index (χ4v) is 1.31. The molecule has 1 N–H and O–H groups in total. The number of hydrogen-bond acceptors (Lipinski definition) is 3.